The van der Waals surface area contributed by atoms with E-state index in [1.165, 1.54) is 11.1 Å². The van der Waals surface area contributed by atoms with Gasteiger partial charge in [-0.15, -0.1) is 0 Å². The Labute approximate surface area is 122 Å². The second-order valence-corrected chi connectivity index (χ2v) is 5.83. The summed E-state index contributed by atoms with van der Waals surface area (Å²) in [5.74, 6) is 0.986. The number of aryl methyl sites for hydroxylation is 2. The van der Waals surface area contributed by atoms with Crippen molar-refractivity contribution in [2.45, 2.75) is 60.0 Å². The number of amides is 1. The van der Waals surface area contributed by atoms with Crippen LogP contribution in [0.15, 0.2) is 18.2 Å². The quantitative estimate of drug-likeness (QED) is 0.793. The summed E-state index contributed by atoms with van der Waals surface area (Å²) in [4.78, 5) is 14.1. The molecular weight excluding hydrogens is 250 g/mol. The van der Waals surface area contributed by atoms with Gasteiger partial charge in [0, 0.05) is 12.1 Å². The number of benzene rings is 1. The number of nitrogens with zero attached hydrogens (tertiary/aromatic N) is 1. The molecule has 1 rings (SSSR count). The number of carbonyl (C=O) groups excluding carboxylic acids is 1. The molecule has 0 saturated heterocycles. The standard InChI is InChI=1S/C17H27NO2/c1-12(2)18(13(3)4)17(19)9-10-20-16-8-7-14(5)15(6)11-16/h7-8,11-13H,9-10H2,1-6H3. The fourth-order valence-corrected chi connectivity index (χ4v) is 2.36. The van der Waals surface area contributed by atoms with E-state index >= 15 is 0 Å². The third-order valence-electron chi connectivity index (χ3n) is 3.46. The van der Waals surface area contributed by atoms with Crippen molar-refractivity contribution in [2.24, 2.45) is 0 Å². The molecule has 0 spiro atoms. The zero-order valence-electron chi connectivity index (χ0n) is 13.6. The van der Waals surface area contributed by atoms with Crippen LogP contribution < -0.4 is 4.74 Å². The molecule has 1 aromatic carbocycles. The number of rotatable bonds is 6. The van der Waals surface area contributed by atoms with Gasteiger partial charge in [0.2, 0.25) is 5.91 Å². The van der Waals surface area contributed by atoms with Crippen molar-refractivity contribution in [1.29, 1.82) is 0 Å². The molecule has 112 valence electrons. The zero-order chi connectivity index (χ0) is 15.3. The van der Waals surface area contributed by atoms with E-state index in [1.807, 2.05) is 50.8 Å². The molecule has 1 aromatic rings. The second-order valence-electron chi connectivity index (χ2n) is 5.83. The van der Waals surface area contributed by atoms with E-state index in [2.05, 4.69) is 13.8 Å². The Kier molecular flexibility index (Phi) is 6.05. The normalized spacial score (nSPS) is 11.0. The summed E-state index contributed by atoms with van der Waals surface area (Å²) in [5.41, 5.74) is 2.46. The molecule has 0 fully saturated rings. The molecule has 0 heterocycles. The van der Waals surface area contributed by atoms with E-state index in [4.69, 9.17) is 4.74 Å². The highest BCUT2D eigenvalue weighted by Crippen LogP contribution is 2.17. The summed E-state index contributed by atoms with van der Waals surface area (Å²) in [6, 6.07) is 6.46. The van der Waals surface area contributed by atoms with Gasteiger partial charge in [-0.1, -0.05) is 6.07 Å². The van der Waals surface area contributed by atoms with Crippen molar-refractivity contribution >= 4 is 5.91 Å². The van der Waals surface area contributed by atoms with Crippen molar-refractivity contribution in [2.75, 3.05) is 6.61 Å². The van der Waals surface area contributed by atoms with Crippen molar-refractivity contribution in [3.63, 3.8) is 0 Å². The summed E-state index contributed by atoms with van der Waals surface area (Å²) in [5, 5.41) is 0. The zero-order valence-corrected chi connectivity index (χ0v) is 13.6. The topological polar surface area (TPSA) is 29.5 Å². The second kappa shape index (κ2) is 7.32. The molecule has 0 aliphatic heterocycles. The largest absolute Gasteiger partial charge is 0.493 e. The average Bonchev–Trinajstić information content (AvgIpc) is 2.32. The van der Waals surface area contributed by atoms with Crippen LogP contribution in [0.25, 0.3) is 0 Å². The summed E-state index contributed by atoms with van der Waals surface area (Å²) in [6.45, 7) is 12.7. The molecule has 0 unspecified atom stereocenters. The highest BCUT2D eigenvalue weighted by atomic mass is 16.5. The van der Waals surface area contributed by atoms with Gasteiger partial charge in [-0.05, 0) is 64.8 Å². The fourth-order valence-electron chi connectivity index (χ4n) is 2.36. The van der Waals surface area contributed by atoms with E-state index in [0.29, 0.717) is 13.0 Å². The van der Waals surface area contributed by atoms with Crippen LogP contribution in [-0.4, -0.2) is 29.5 Å². The molecule has 0 aliphatic carbocycles. The SMILES string of the molecule is Cc1ccc(OCCC(=O)N(C(C)C)C(C)C)cc1C. The number of carbonyl (C=O) groups is 1. The predicted molar refractivity (Wildman–Crippen MR) is 83.1 cm³/mol. The Morgan fingerprint density at radius 3 is 2.20 bits per heavy atom. The van der Waals surface area contributed by atoms with Crippen LogP contribution in [0.2, 0.25) is 0 Å². The minimum Gasteiger partial charge on any atom is -0.493 e. The summed E-state index contributed by atoms with van der Waals surface area (Å²) in [7, 11) is 0. The first-order valence-corrected chi connectivity index (χ1v) is 7.34. The van der Waals surface area contributed by atoms with Crippen LogP contribution >= 0.6 is 0 Å². The van der Waals surface area contributed by atoms with Gasteiger partial charge in [-0.25, -0.2) is 0 Å². The Morgan fingerprint density at radius 2 is 1.70 bits per heavy atom. The van der Waals surface area contributed by atoms with Gasteiger partial charge in [-0.3, -0.25) is 4.79 Å². The fraction of sp³-hybridized carbons (Fsp3) is 0.588. The van der Waals surface area contributed by atoms with Crippen molar-refractivity contribution in [3.05, 3.63) is 29.3 Å². The molecule has 1 amide bonds. The maximum atomic E-state index is 12.2. The van der Waals surface area contributed by atoms with Crippen LogP contribution in [0.3, 0.4) is 0 Å². The lowest BCUT2D eigenvalue weighted by molar-refractivity contribution is -0.135. The lowest BCUT2D eigenvalue weighted by Crippen LogP contribution is -2.42. The van der Waals surface area contributed by atoms with Crippen LogP contribution in [0.1, 0.15) is 45.2 Å². The molecule has 0 saturated carbocycles. The number of hydrogen-bond acceptors (Lipinski definition) is 2. The molecule has 0 radical (unpaired) electrons. The van der Waals surface area contributed by atoms with E-state index in [-0.39, 0.29) is 18.0 Å². The maximum Gasteiger partial charge on any atom is 0.226 e. The molecule has 0 atom stereocenters. The minimum absolute atomic E-state index is 0.152. The maximum absolute atomic E-state index is 12.2. The van der Waals surface area contributed by atoms with Gasteiger partial charge in [0.25, 0.3) is 0 Å². The molecule has 0 aromatic heterocycles. The predicted octanol–water partition coefficient (Wildman–Crippen LogP) is 3.72. The molecular formula is C17H27NO2. The van der Waals surface area contributed by atoms with Crippen molar-refractivity contribution in [1.82, 2.24) is 4.90 Å². The summed E-state index contributed by atoms with van der Waals surface area (Å²) >= 11 is 0. The first-order chi connectivity index (χ1) is 9.32. The Balaban J connectivity index is 2.51. The molecule has 0 N–H and O–H groups in total. The third-order valence-corrected chi connectivity index (χ3v) is 3.46. The van der Waals surface area contributed by atoms with E-state index in [0.717, 1.165) is 5.75 Å². The molecule has 0 aliphatic rings. The Hall–Kier alpha value is -1.51. The van der Waals surface area contributed by atoms with Crippen molar-refractivity contribution < 1.29 is 9.53 Å². The van der Waals surface area contributed by atoms with Gasteiger partial charge < -0.3 is 9.64 Å². The van der Waals surface area contributed by atoms with Crippen LogP contribution in [0.4, 0.5) is 0 Å². The molecule has 3 heteroatoms. The molecule has 0 bridgehead atoms. The highest BCUT2D eigenvalue weighted by Gasteiger charge is 2.19. The first-order valence-electron chi connectivity index (χ1n) is 7.34. The smallest absolute Gasteiger partial charge is 0.226 e. The van der Waals surface area contributed by atoms with Crippen LogP contribution in [0, 0.1) is 13.8 Å². The van der Waals surface area contributed by atoms with E-state index in [1.54, 1.807) is 0 Å². The summed E-state index contributed by atoms with van der Waals surface area (Å²) < 4.78 is 5.67. The Morgan fingerprint density at radius 1 is 1.10 bits per heavy atom. The third kappa shape index (κ3) is 4.55. The van der Waals surface area contributed by atoms with E-state index < -0.39 is 0 Å². The minimum atomic E-state index is 0.152. The molecule has 3 nitrogen and oxygen atoms in total. The average molecular weight is 277 g/mol. The van der Waals surface area contributed by atoms with Gasteiger partial charge in [-0.2, -0.15) is 0 Å². The van der Waals surface area contributed by atoms with Gasteiger partial charge in [0.05, 0.1) is 13.0 Å². The summed E-state index contributed by atoms with van der Waals surface area (Å²) in [6.07, 6.45) is 0.420. The van der Waals surface area contributed by atoms with Crippen LogP contribution in [-0.2, 0) is 4.79 Å². The lowest BCUT2D eigenvalue weighted by Gasteiger charge is -2.30. The van der Waals surface area contributed by atoms with Crippen LogP contribution in [0.5, 0.6) is 5.75 Å². The Bertz CT molecular complexity index is 444. The number of ether oxygens (including phenoxy) is 1. The molecule has 20 heavy (non-hydrogen) atoms. The lowest BCUT2D eigenvalue weighted by atomic mass is 10.1. The van der Waals surface area contributed by atoms with Gasteiger partial charge >= 0.3 is 0 Å². The highest BCUT2D eigenvalue weighted by molar-refractivity contribution is 5.76. The number of hydrogen-bond donors (Lipinski definition) is 0. The first kappa shape index (κ1) is 16.5. The van der Waals surface area contributed by atoms with E-state index in [9.17, 15) is 4.79 Å². The van der Waals surface area contributed by atoms with Gasteiger partial charge in [0.15, 0.2) is 0 Å². The van der Waals surface area contributed by atoms with Crippen molar-refractivity contribution in [3.8, 4) is 5.75 Å². The monoisotopic (exact) mass is 277 g/mol. The van der Waals surface area contributed by atoms with Gasteiger partial charge in [0.1, 0.15) is 5.75 Å².